The molecule has 0 N–H and O–H groups in total. The smallest absolute Gasteiger partial charge is 0.350 e. The topological polar surface area (TPSA) is 52.6 Å². The Labute approximate surface area is 152 Å². The van der Waals surface area contributed by atoms with Crippen molar-refractivity contribution in [2.45, 2.75) is 71.3 Å². The summed E-state index contributed by atoms with van der Waals surface area (Å²) in [5, 5.41) is 0. The van der Waals surface area contributed by atoms with Gasteiger partial charge in [-0.25, -0.2) is 13.6 Å². The lowest BCUT2D eigenvalue weighted by Crippen LogP contribution is -2.49. The molecule has 0 aliphatic heterocycles. The predicted octanol–water partition coefficient (Wildman–Crippen LogP) is 4.21. The van der Waals surface area contributed by atoms with Crippen LogP contribution >= 0.6 is 0 Å². The van der Waals surface area contributed by atoms with E-state index < -0.39 is 36.3 Å². The van der Waals surface area contributed by atoms with Gasteiger partial charge in [-0.15, -0.1) is 0 Å². The van der Waals surface area contributed by atoms with Crippen molar-refractivity contribution in [2.75, 3.05) is 6.61 Å². The van der Waals surface area contributed by atoms with Gasteiger partial charge in [0.25, 0.3) is 0 Å². The molecular weight excluding hydrogens is 342 g/mol. The number of esters is 2. The summed E-state index contributed by atoms with van der Waals surface area (Å²) in [6, 6.07) is 3.90. The molecule has 0 atom stereocenters. The molecule has 2 rings (SSSR count). The van der Waals surface area contributed by atoms with E-state index in [1.54, 1.807) is 6.92 Å². The van der Waals surface area contributed by atoms with E-state index in [2.05, 4.69) is 0 Å². The highest BCUT2D eigenvalue weighted by Crippen LogP contribution is 2.41. The Bertz CT molecular complexity index is 687. The molecule has 0 saturated heterocycles. The summed E-state index contributed by atoms with van der Waals surface area (Å²) in [5.41, 5.74) is 2.32. The maximum absolute atomic E-state index is 13.5. The predicted molar refractivity (Wildman–Crippen MR) is 93.2 cm³/mol. The Kier molecular flexibility index (Phi) is 6.04. The van der Waals surface area contributed by atoms with Crippen LogP contribution < -0.4 is 0 Å². The average molecular weight is 368 g/mol. The van der Waals surface area contributed by atoms with Gasteiger partial charge in [-0.2, -0.15) is 0 Å². The number of hydrogen-bond acceptors (Lipinski definition) is 4. The maximum Gasteiger partial charge on any atom is 0.350 e. The van der Waals surface area contributed by atoms with Gasteiger partial charge < -0.3 is 9.47 Å². The number of carbonyl (C=O) groups excluding carboxylic acids is 2. The first kappa shape index (κ1) is 20.3. The first-order valence-electron chi connectivity index (χ1n) is 8.92. The Morgan fingerprint density at radius 2 is 1.58 bits per heavy atom. The van der Waals surface area contributed by atoms with Crippen LogP contribution in [0.1, 0.15) is 54.9 Å². The Morgan fingerprint density at radius 3 is 2.15 bits per heavy atom. The van der Waals surface area contributed by atoms with Gasteiger partial charge in [-0.05, 0) is 49.9 Å². The third-order valence-corrected chi connectivity index (χ3v) is 5.03. The normalized spacial score (nSPS) is 18.2. The zero-order valence-corrected chi connectivity index (χ0v) is 15.8. The van der Waals surface area contributed by atoms with E-state index >= 15 is 0 Å². The van der Waals surface area contributed by atoms with Crippen molar-refractivity contribution < 1.29 is 27.8 Å². The van der Waals surface area contributed by atoms with Crippen LogP contribution in [-0.2, 0) is 25.5 Å². The van der Waals surface area contributed by atoms with Gasteiger partial charge in [-0.3, -0.25) is 4.79 Å². The second-order valence-electron chi connectivity index (χ2n) is 7.08. The van der Waals surface area contributed by atoms with Crippen molar-refractivity contribution in [3.63, 3.8) is 0 Å². The first-order valence-corrected chi connectivity index (χ1v) is 8.92. The minimum atomic E-state index is -2.84. The van der Waals surface area contributed by atoms with E-state index in [9.17, 15) is 18.4 Å². The van der Waals surface area contributed by atoms with Crippen molar-refractivity contribution in [1.82, 2.24) is 0 Å². The van der Waals surface area contributed by atoms with Gasteiger partial charge >= 0.3 is 11.9 Å². The van der Waals surface area contributed by atoms with Crippen LogP contribution in [0.5, 0.6) is 0 Å². The molecule has 0 heterocycles. The summed E-state index contributed by atoms with van der Waals surface area (Å²) in [7, 11) is 0. The second kappa shape index (κ2) is 7.72. The molecular formula is C20H26F2O4. The molecule has 26 heavy (non-hydrogen) atoms. The summed E-state index contributed by atoms with van der Waals surface area (Å²) >= 11 is 0. The maximum atomic E-state index is 13.5. The average Bonchev–Trinajstić information content (AvgIpc) is 2.55. The lowest BCUT2D eigenvalue weighted by molar-refractivity contribution is -0.194. The summed E-state index contributed by atoms with van der Waals surface area (Å²) < 4.78 is 37.5. The molecule has 0 aromatic heterocycles. The molecule has 4 nitrogen and oxygen atoms in total. The van der Waals surface area contributed by atoms with Gasteiger partial charge in [0.15, 0.2) is 0 Å². The Morgan fingerprint density at radius 1 is 1.00 bits per heavy atom. The molecule has 1 aromatic carbocycles. The van der Waals surface area contributed by atoms with Crippen molar-refractivity contribution in [2.24, 2.45) is 0 Å². The number of rotatable bonds is 5. The van der Waals surface area contributed by atoms with Gasteiger partial charge in [0.1, 0.15) is 0 Å². The summed E-state index contributed by atoms with van der Waals surface area (Å²) in [5.74, 6) is -4.18. The summed E-state index contributed by atoms with van der Waals surface area (Å²) in [6.45, 7) is 7.57. The van der Waals surface area contributed by atoms with Crippen LogP contribution in [0.4, 0.5) is 8.78 Å². The molecule has 0 radical (unpaired) electrons. The molecule has 6 heteroatoms. The zero-order valence-electron chi connectivity index (χ0n) is 15.8. The molecule has 0 bridgehead atoms. The monoisotopic (exact) mass is 368 g/mol. The molecule has 1 aliphatic rings. The third-order valence-electron chi connectivity index (χ3n) is 5.03. The van der Waals surface area contributed by atoms with Crippen LogP contribution in [0.25, 0.3) is 0 Å². The van der Waals surface area contributed by atoms with Gasteiger partial charge in [0, 0.05) is 25.7 Å². The molecule has 1 aromatic rings. The van der Waals surface area contributed by atoms with Gasteiger partial charge in [0.2, 0.25) is 11.5 Å². The SMILES string of the molecule is CCOC(=O)C1(OC(=O)Cc2cc(C)c(C)cc2C)CCC(F)(F)CC1. The van der Waals surface area contributed by atoms with Crippen LogP contribution in [0, 0.1) is 20.8 Å². The van der Waals surface area contributed by atoms with E-state index in [1.165, 1.54) is 0 Å². The number of hydrogen-bond donors (Lipinski definition) is 0. The fourth-order valence-electron chi connectivity index (χ4n) is 3.25. The van der Waals surface area contributed by atoms with Crippen LogP contribution in [-0.4, -0.2) is 30.1 Å². The second-order valence-corrected chi connectivity index (χ2v) is 7.08. The highest BCUT2D eigenvalue weighted by Gasteiger charge is 2.51. The van der Waals surface area contributed by atoms with Crippen molar-refractivity contribution >= 4 is 11.9 Å². The van der Waals surface area contributed by atoms with Crippen molar-refractivity contribution in [1.29, 1.82) is 0 Å². The highest BCUT2D eigenvalue weighted by molar-refractivity contribution is 5.84. The van der Waals surface area contributed by atoms with Crippen LogP contribution in [0.3, 0.4) is 0 Å². The number of alkyl halides is 2. The minimum Gasteiger partial charge on any atom is -0.463 e. The summed E-state index contributed by atoms with van der Waals surface area (Å²) in [6.07, 6.45) is -1.46. The molecule has 0 spiro atoms. The number of benzene rings is 1. The molecule has 1 saturated carbocycles. The minimum absolute atomic E-state index is 0.00942. The fraction of sp³-hybridized carbons (Fsp3) is 0.600. The molecule has 1 aliphatic carbocycles. The van der Waals surface area contributed by atoms with E-state index in [4.69, 9.17) is 9.47 Å². The van der Waals surface area contributed by atoms with E-state index in [0.717, 1.165) is 22.3 Å². The molecule has 0 unspecified atom stereocenters. The summed E-state index contributed by atoms with van der Waals surface area (Å²) in [4.78, 5) is 24.8. The Balaban J connectivity index is 2.17. The number of carbonyl (C=O) groups is 2. The number of ether oxygens (including phenoxy) is 2. The van der Waals surface area contributed by atoms with Gasteiger partial charge in [0.05, 0.1) is 13.0 Å². The lowest BCUT2D eigenvalue weighted by Gasteiger charge is -2.37. The lowest BCUT2D eigenvalue weighted by atomic mass is 9.82. The van der Waals surface area contributed by atoms with Crippen LogP contribution in [0.15, 0.2) is 12.1 Å². The molecule has 144 valence electrons. The highest BCUT2D eigenvalue weighted by atomic mass is 19.3. The standard InChI is InChI=1S/C20H26F2O4/c1-5-25-18(24)19(6-8-20(21,22)9-7-19)26-17(23)12-16-11-14(3)13(2)10-15(16)4/h10-11H,5-9,12H2,1-4H3. The third kappa shape index (κ3) is 4.59. The first-order chi connectivity index (χ1) is 12.1. The van der Waals surface area contributed by atoms with E-state index in [-0.39, 0.29) is 25.9 Å². The largest absolute Gasteiger partial charge is 0.463 e. The zero-order chi connectivity index (χ0) is 19.5. The van der Waals surface area contributed by atoms with E-state index in [0.29, 0.717) is 0 Å². The van der Waals surface area contributed by atoms with Gasteiger partial charge in [-0.1, -0.05) is 12.1 Å². The quantitative estimate of drug-likeness (QED) is 0.731. The fourth-order valence-corrected chi connectivity index (χ4v) is 3.25. The molecule has 1 fully saturated rings. The number of halogens is 2. The van der Waals surface area contributed by atoms with Crippen LogP contribution in [0.2, 0.25) is 0 Å². The van der Waals surface area contributed by atoms with Crippen molar-refractivity contribution in [3.05, 3.63) is 34.4 Å². The number of aryl methyl sites for hydroxylation is 3. The molecule has 0 amide bonds. The van der Waals surface area contributed by atoms with E-state index in [1.807, 2.05) is 32.9 Å². The Hall–Kier alpha value is -1.98. The van der Waals surface area contributed by atoms with Crippen molar-refractivity contribution in [3.8, 4) is 0 Å².